The third-order valence-electron chi connectivity index (χ3n) is 4.23. The molecule has 0 aliphatic carbocycles. The molecule has 0 fully saturated rings. The molecule has 0 spiro atoms. The summed E-state index contributed by atoms with van der Waals surface area (Å²) in [6.07, 6.45) is 5.63. The molecule has 0 unspecified atom stereocenters. The van der Waals surface area contributed by atoms with E-state index in [0.717, 1.165) is 33.8 Å². The van der Waals surface area contributed by atoms with Crippen LogP contribution < -0.4 is 4.90 Å². The zero-order valence-electron chi connectivity index (χ0n) is 14.0. The van der Waals surface area contributed by atoms with Crippen molar-refractivity contribution >= 4 is 22.9 Å². The summed E-state index contributed by atoms with van der Waals surface area (Å²) in [5.41, 5.74) is 5.83. The Morgan fingerprint density at radius 1 is 0.920 bits per heavy atom. The number of hydrogen-bond donors (Lipinski definition) is 0. The highest BCUT2D eigenvalue weighted by atomic mass is 35.5. The van der Waals surface area contributed by atoms with Gasteiger partial charge in [0.05, 0.1) is 28.8 Å². The molecule has 4 rings (SSSR count). The van der Waals surface area contributed by atoms with Crippen LogP contribution in [0.5, 0.6) is 0 Å². The van der Waals surface area contributed by atoms with E-state index in [1.54, 1.807) is 6.20 Å². The lowest BCUT2D eigenvalue weighted by atomic mass is 10.1. The first-order valence-electron chi connectivity index (χ1n) is 7.99. The number of rotatable bonds is 3. The first kappa shape index (κ1) is 15.7. The Morgan fingerprint density at radius 2 is 1.68 bits per heavy atom. The van der Waals surface area contributed by atoms with Crippen molar-refractivity contribution in [2.75, 3.05) is 19.0 Å². The second kappa shape index (κ2) is 6.22. The zero-order valence-corrected chi connectivity index (χ0v) is 14.8. The van der Waals surface area contributed by atoms with Gasteiger partial charge in [-0.3, -0.25) is 9.38 Å². The van der Waals surface area contributed by atoms with Gasteiger partial charge in [0.15, 0.2) is 5.65 Å². The van der Waals surface area contributed by atoms with Crippen LogP contribution in [0, 0.1) is 0 Å². The van der Waals surface area contributed by atoms with Crippen molar-refractivity contribution in [3.05, 3.63) is 72.1 Å². The fraction of sp³-hybridized carbons (Fsp3) is 0.100. The molecule has 0 radical (unpaired) electrons. The lowest BCUT2D eigenvalue weighted by Crippen LogP contribution is -2.07. The highest BCUT2D eigenvalue weighted by Crippen LogP contribution is 2.28. The van der Waals surface area contributed by atoms with E-state index in [-0.39, 0.29) is 0 Å². The number of nitrogens with zero attached hydrogens (tertiary/aromatic N) is 4. The van der Waals surface area contributed by atoms with Gasteiger partial charge in [-0.2, -0.15) is 0 Å². The maximum absolute atomic E-state index is 6.32. The predicted octanol–water partition coefficient (Wildman–Crippen LogP) is 4.78. The van der Waals surface area contributed by atoms with Gasteiger partial charge < -0.3 is 4.90 Å². The van der Waals surface area contributed by atoms with Gasteiger partial charge >= 0.3 is 0 Å². The zero-order chi connectivity index (χ0) is 17.4. The van der Waals surface area contributed by atoms with Crippen molar-refractivity contribution in [1.82, 2.24) is 14.4 Å². The van der Waals surface area contributed by atoms with Crippen LogP contribution in [-0.4, -0.2) is 28.5 Å². The molecule has 0 aliphatic rings. The van der Waals surface area contributed by atoms with Crippen molar-refractivity contribution in [2.45, 2.75) is 0 Å². The average molecular weight is 349 g/mol. The molecule has 0 saturated heterocycles. The molecule has 0 amide bonds. The van der Waals surface area contributed by atoms with E-state index < -0.39 is 0 Å². The van der Waals surface area contributed by atoms with E-state index in [9.17, 15) is 0 Å². The molecule has 0 atom stereocenters. The van der Waals surface area contributed by atoms with Gasteiger partial charge in [0.1, 0.15) is 0 Å². The summed E-state index contributed by atoms with van der Waals surface area (Å²) < 4.78 is 2.05. The van der Waals surface area contributed by atoms with Crippen molar-refractivity contribution in [3.8, 4) is 22.5 Å². The second-order valence-corrected chi connectivity index (χ2v) is 6.47. The number of fused-ring (bicyclic) bond motifs is 1. The minimum absolute atomic E-state index is 0.686. The SMILES string of the molecule is CN(C)c1ccc(-c2cnc3cnc(-c4ccccc4Cl)cn23)cc1. The molecular formula is C20H17ClN4. The van der Waals surface area contributed by atoms with Crippen LogP contribution in [0.15, 0.2) is 67.1 Å². The number of benzene rings is 2. The van der Waals surface area contributed by atoms with Crippen molar-refractivity contribution in [1.29, 1.82) is 0 Å². The Bertz CT molecular complexity index is 1040. The summed E-state index contributed by atoms with van der Waals surface area (Å²) in [6, 6.07) is 16.1. The van der Waals surface area contributed by atoms with Gasteiger partial charge in [0, 0.05) is 37.1 Å². The maximum atomic E-state index is 6.32. The fourth-order valence-corrected chi connectivity index (χ4v) is 3.07. The average Bonchev–Trinajstić information content (AvgIpc) is 3.05. The van der Waals surface area contributed by atoms with E-state index in [0.29, 0.717) is 5.02 Å². The summed E-state index contributed by atoms with van der Waals surface area (Å²) in [4.78, 5) is 11.1. The summed E-state index contributed by atoms with van der Waals surface area (Å²) in [5.74, 6) is 0. The Morgan fingerprint density at radius 3 is 2.40 bits per heavy atom. The van der Waals surface area contributed by atoms with E-state index in [2.05, 4.69) is 43.5 Å². The first-order chi connectivity index (χ1) is 12.1. The summed E-state index contributed by atoms with van der Waals surface area (Å²) in [7, 11) is 4.07. The number of halogens is 1. The van der Waals surface area contributed by atoms with Crippen LogP contribution >= 0.6 is 11.6 Å². The van der Waals surface area contributed by atoms with Crippen molar-refractivity contribution in [3.63, 3.8) is 0 Å². The normalized spacial score (nSPS) is 11.0. The van der Waals surface area contributed by atoms with E-state index in [4.69, 9.17) is 11.6 Å². The maximum Gasteiger partial charge on any atom is 0.155 e. The Labute approximate surface area is 151 Å². The van der Waals surface area contributed by atoms with Crippen LogP contribution in [0.25, 0.3) is 28.2 Å². The topological polar surface area (TPSA) is 33.4 Å². The number of hydrogen-bond acceptors (Lipinski definition) is 3. The minimum Gasteiger partial charge on any atom is -0.378 e. The van der Waals surface area contributed by atoms with Crippen LogP contribution in [0.1, 0.15) is 0 Å². The van der Waals surface area contributed by atoms with Gasteiger partial charge in [-0.25, -0.2) is 4.98 Å². The monoisotopic (exact) mass is 348 g/mol. The lowest BCUT2D eigenvalue weighted by Gasteiger charge is -2.12. The molecule has 4 aromatic rings. The number of anilines is 1. The molecule has 4 nitrogen and oxygen atoms in total. The van der Waals surface area contributed by atoms with E-state index in [1.165, 1.54) is 0 Å². The third-order valence-corrected chi connectivity index (χ3v) is 4.55. The molecule has 0 aliphatic heterocycles. The Hall–Kier alpha value is -2.85. The molecule has 0 N–H and O–H groups in total. The third kappa shape index (κ3) is 2.85. The fourth-order valence-electron chi connectivity index (χ4n) is 2.84. The quantitative estimate of drug-likeness (QED) is 0.534. The number of aromatic nitrogens is 3. The summed E-state index contributed by atoms with van der Waals surface area (Å²) >= 11 is 6.32. The molecule has 2 aromatic carbocycles. The van der Waals surface area contributed by atoms with Gasteiger partial charge in [-0.05, 0) is 18.2 Å². The number of imidazole rings is 1. The minimum atomic E-state index is 0.686. The van der Waals surface area contributed by atoms with Crippen molar-refractivity contribution < 1.29 is 0 Å². The molecule has 124 valence electrons. The first-order valence-corrected chi connectivity index (χ1v) is 8.37. The smallest absolute Gasteiger partial charge is 0.155 e. The van der Waals surface area contributed by atoms with Crippen LogP contribution in [0.3, 0.4) is 0 Å². The lowest BCUT2D eigenvalue weighted by molar-refractivity contribution is 1.12. The van der Waals surface area contributed by atoms with Crippen LogP contribution in [0.2, 0.25) is 5.02 Å². The summed E-state index contributed by atoms with van der Waals surface area (Å²) in [5, 5.41) is 0.686. The van der Waals surface area contributed by atoms with E-state index in [1.807, 2.05) is 50.8 Å². The Kier molecular flexibility index (Phi) is 3.90. The van der Waals surface area contributed by atoms with Crippen LogP contribution in [-0.2, 0) is 0 Å². The Balaban J connectivity index is 1.83. The molecule has 0 bridgehead atoms. The molecule has 5 heteroatoms. The van der Waals surface area contributed by atoms with Gasteiger partial charge in [0.25, 0.3) is 0 Å². The predicted molar refractivity (Wildman–Crippen MR) is 103 cm³/mol. The highest BCUT2D eigenvalue weighted by molar-refractivity contribution is 6.33. The van der Waals surface area contributed by atoms with Crippen molar-refractivity contribution in [2.24, 2.45) is 0 Å². The largest absolute Gasteiger partial charge is 0.378 e. The molecule has 2 aromatic heterocycles. The van der Waals surface area contributed by atoms with Gasteiger partial charge in [-0.1, -0.05) is 41.9 Å². The summed E-state index contributed by atoms with van der Waals surface area (Å²) in [6.45, 7) is 0. The molecular weight excluding hydrogens is 332 g/mol. The standard InChI is InChI=1S/C20H17ClN4/c1-24(2)15-9-7-14(8-10-15)19-11-23-20-12-22-18(13-25(19)20)16-5-3-4-6-17(16)21/h3-13H,1-2H3. The molecule has 2 heterocycles. The van der Waals surface area contributed by atoms with Gasteiger partial charge in [0.2, 0.25) is 0 Å². The van der Waals surface area contributed by atoms with E-state index >= 15 is 0 Å². The molecule has 25 heavy (non-hydrogen) atoms. The highest BCUT2D eigenvalue weighted by Gasteiger charge is 2.10. The van der Waals surface area contributed by atoms with Crippen LogP contribution in [0.4, 0.5) is 5.69 Å². The van der Waals surface area contributed by atoms with Gasteiger partial charge in [-0.15, -0.1) is 0 Å². The molecule has 0 saturated carbocycles. The second-order valence-electron chi connectivity index (χ2n) is 6.07.